The number of hydrogen-bond acceptors (Lipinski definition) is 5. The summed E-state index contributed by atoms with van der Waals surface area (Å²) in [6.07, 6.45) is 0. The molecule has 17 heavy (non-hydrogen) atoms. The Balaban J connectivity index is 2.80. The smallest absolute Gasteiger partial charge is 0.254 e. The van der Waals surface area contributed by atoms with E-state index in [0.29, 0.717) is 18.7 Å². The summed E-state index contributed by atoms with van der Waals surface area (Å²) in [6, 6.07) is 1.30. The highest BCUT2D eigenvalue weighted by Gasteiger charge is 2.17. The summed E-state index contributed by atoms with van der Waals surface area (Å²) in [7, 11) is -0.268. The van der Waals surface area contributed by atoms with E-state index in [2.05, 4.69) is 5.32 Å². The number of likely N-dealkylation sites (N-methyl/N-ethyl adjacent to an activating group) is 2. The predicted octanol–water partition coefficient (Wildman–Crippen LogP) is -0.313. The summed E-state index contributed by atoms with van der Waals surface area (Å²) < 4.78 is 22.1. The average Bonchev–Trinajstić information content (AvgIpc) is 2.73. The summed E-state index contributed by atoms with van der Waals surface area (Å²) in [6.45, 7) is 1.23. The van der Waals surface area contributed by atoms with E-state index in [1.54, 1.807) is 14.1 Å². The Hall–Kier alpha value is -0.960. The van der Waals surface area contributed by atoms with E-state index in [1.807, 2.05) is 0 Å². The van der Waals surface area contributed by atoms with Crippen LogP contribution >= 0.6 is 11.3 Å². The van der Waals surface area contributed by atoms with Crippen molar-refractivity contribution in [3.05, 3.63) is 17.0 Å². The fourth-order valence-corrected chi connectivity index (χ4v) is 2.76. The zero-order valence-electron chi connectivity index (χ0n) is 9.63. The number of nitrogens with two attached hydrogens (primary N) is 1. The first-order valence-electron chi connectivity index (χ1n) is 4.87. The first-order chi connectivity index (χ1) is 7.86. The third-order valence-corrected chi connectivity index (χ3v) is 4.53. The van der Waals surface area contributed by atoms with Gasteiger partial charge in [-0.3, -0.25) is 4.79 Å². The van der Waals surface area contributed by atoms with Gasteiger partial charge in [0, 0.05) is 25.5 Å². The number of thiophene rings is 1. The van der Waals surface area contributed by atoms with Crippen LogP contribution in [0.15, 0.2) is 15.7 Å². The Morgan fingerprint density at radius 2 is 2.24 bits per heavy atom. The number of nitrogens with zero attached hydrogens (tertiary/aromatic N) is 1. The maximum atomic E-state index is 11.9. The number of hydrogen-bond donors (Lipinski definition) is 2. The Labute approximate surface area is 104 Å². The Kier molecular flexibility index (Phi) is 4.63. The molecule has 0 radical (unpaired) electrons. The van der Waals surface area contributed by atoms with E-state index in [-0.39, 0.29) is 10.1 Å². The quantitative estimate of drug-likeness (QED) is 0.772. The van der Waals surface area contributed by atoms with Crippen LogP contribution in [-0.2, 0) is 10.0 Å². The molecule has 0 fully saturated rings. The predicted molar refractivity (Wildman–Crippen MR) is 66.6 cm³/mol. The van der Waals surface area contributed by atoms with E-state index in [9.17, 15) is 13.2 Å². The van der Waals surface area contributed by atoms with E-state index in [1.165, 1.54) is 16.3 Å². The van der Waals surface area contributed by atoms with Crippen LogP contribution in [-0.4, -0.2) is 46.4 Å². The van der Waals surface area contributed by atoms with Crippen molar-refractivity contribution in [3.63, 3.8) is 0 Å². The van der Waals surface area contributed by atoms with Crippen molar-refractivity contribution in [2.45, 2.75) is 4.21 Å². The van der Waals surface area contributed by atoms with Gasteiger partial charge in [0.1, 0.15) is 4.21 Å². The minimum absolute atomic E-state index is 0.00265. The Morgan fingerprint density at radius 3 is 2.71 bits per heavy atom. The zero-order chi connectivity index (χ0) is 13.1. The third kappa shape index (κ3) is 3.77. The normalized spacial score (nSPS) is 11.5. The highest BCUT2D eigenvalue weighted by molar-refractivity contribution is 7.91. The van der Waals surface area contributed by atoms with Gasteiger partial charge in [-0.2, -0.15) is 0 Å². The lowest BCUT2D eigenvalue weighted by Crippen LogP contribution is -2.32. The standard InChI is InChI=1S/C9H15N3O3S2/c1-11-3-4-12(2)9(13)7-5-8(16-6-7)17(10,14)15/h5-6,11H,3-4H2,1-2H3,(H2,10,14,15). The van der Waals surface area contributed by atoms with E-state index in [4.69, 9.17) is 5.14 Å². The topological polar surface area (TPSA) is 92.5 Å². The second-order valence-corrected chi connectivity index (χ2v) is 6.23. The van der Waals surface area contributed by atoms with Gasteiger partial charge in [0.05, 0.1) is 5.56 Å². The van der Waals surface area contributed by atoms with Gasteiger partial charge >= 0.3 is 0 Å². The molecular formula is C9H15N3O3S2. The van der Waals surface area contributed by atoms with Crippen LogP contribution in [0.5, 0.6) is 0 Å². The van der Waals surface area contributed by atoms with Gasteiger partial charge in [-0.05, 0) is 13.1 Å². The number of rotatable bonds is 5. The molecule has 0 aliphatic carbocycles. The summed E-state index contributed by atoms with van der Waals surface area (Å²) in [5.74, 6) is -0.216. The number of carbonyl (C=O) groups excluding carboxylic acids is 1. The van der Waals surface area contributed by atoms with Gasteiger partial charge in [-0.1, -0.05) is 0 Å². The fourth-order valence-electron chi connectivity index (χ4n) is 1.18. The van der Waals surface area contributed by atoms with Gasteiger partial charge < -0.3 is 10.2 Å². The summed E-state index contributed by atoms with van der Waals surface area (Å²) in [4.78, 5) is 13.4. The minimum Gasteiger partial charge on any atom is -0.340 e. The maximum Gasteiger partial charge on any atom is 0.254 e. The molecule has 3 N–H and O–H groups in total. The number of amides is 1. The van der Waals surface area contributed by atoms with Gasteiger partial charge in [0.25, 0.3) is 5.91 Å². The van der Waals surface area contributed by atoms with Crippen LogP contribution in [0.3, 0.4) is 0 Å². The highest BCUT2D eigenvalue weighted by atomic mass is 32.2. The van der Waals surface area contributed by atoms with Crippen LogP contribution in [0.1, 0.15) is 10.4 Å². The van der Waals surface area contributed by atoms with Crippen LogP contribution in [0.25, 0.3) is 0 Å². The highest BCUT2D eigenvalue weighted by Crippen LogP contribution is 2.19. The van der Waals surface area contributed by atoms with Crippen molar-refractivity contribution >= 4 is 27.3 Å². The molecule has 96 valence electrons. The Bertz CT molecular complexity index is 495. The molecule has 1 amide bonds. The number of carbonyl (C=O) groups is 1. The van der Waals surface area contributed by atoms with Crippen molar-refractivity contribution in [1.82, 2.24) is 10.2 Å². The maximum absolute atomic E-state index is 11.9. The molecule has 1 aromatic rings. The summed E-state index contributed by atoms with van der Waals surface area (Å²) in [5.41, 5.74) is 0.345. The first kappa shape index (κ1) is 14.1. The van der Waals surface area contributed by atoms with Crippen molar-refractivity contribution in [2.24, 2.45) is 5.14 Å². The summed E-state index contributed by atoms with van der Waals surface area (Å²) >= 11 is 0.950. The molecule has 1 aromatic heterocycles. The lowest BCUT2D eigenvalue weighted by molar-refractivity contribution is 0.0797. The molecule has 8 heteroatoms. The summed E-state index contributed by atoms with van der Waals surface area (Å²) in [5, 5.41) is 9.40. The van der Waals surface area contributed by atoms with Crippen molar-refractivity contribution in [3.8, 4) is 0 Å². The molecule has 0 aliphatic rings. The van der Waals surface area contributed by atoms with Crippen molar-refractivity contribution in [2.75, 3.05) is 27.2 Å². The van der Waals surface area contributed by atoms with Crippen LogP contribution < -0.4 is 10.5 Å². The third-order valence-electron chi connectivity index (χ3n) is 2.15. The first-order valence-corrected chi connectivity index (χ1v) is 7.30. The van der Waals surface area contributed by atoms with Crippen LogP contribution in [0, 0.1) is 0 Å². The molecule has 0 atom stereocenters. The molecule has 0 saturated carbocycles. The molecule has 0 aromatic carbocycles. The lowest BCUT2D eigenvalue weighted by atomic mass is 10.3. The largest absolute Gasteiger partial charge is 0.340 e. The van der Waals surface area contributed by atoms with E-state index in [0.717, 1.165) is 11.3 Å². The minimum atomic E-state index is -3.72. The van der Waals surface area contributed by atoms with Crippen LogP contribution in [0.2, 0.25) is 0 Å². The van der Waals surface area contributed by atoms with Gasteiger partial charge in [0.2, 0.25) is 10.0 Å². The average molecular weight is 277 g/mol. The molecule has 1 rings (SSSR count). The molecule has 0 unspecified atom stereocenters. The molecule has 6 nitrogen and oxygen atoms in total. The van der Waals surface area contributed by atoms with Crippen molar-refractivity contribution < 1.29 is 13.2 Å². The van der Waals surface area contributed by atoms with Gasteiger partial charge in [-0.15, -0.1) is 11.3 Å². The van der Waals surface area contributed by atoms with Gasteiger partial charge in [-0.25, -0.2) is 13.6 Å². The second-order valence-electron chi connectivity index (χ2n) is 3.53. The number of sulfonamides is 1. The second kappa shape index (κ2) is 5.58. The molecular weight excluding hydrogens is 262 g/mol. The van der Waals surface area contributed by atoms with E-state index < -0.39 is 10.0 Å². The molecule has 0 aliphatic heterocycles. The van der Waals surface area contributed by atoms with Gasteiger partial charge in [0.15, 0.2) is 0 Å². The monoisotopic (exact) mass is 277 g/mol. The van der Waals surface area contributed by atoms with E-state index >= 15 is 0 Å². The molecule has 1 heterocycles. The number of nitrogens with one attached hydrogen (secondary N) is 1. The molecule has 0 saturated heterocycles. The van der Waals surface area contributed by atoms with Crippen LogP contribution in [0.4, 0.5) is 0 Å². The molecule has 0 spiro atoms. The molecule has 0 bridgehead atoms. The fraction of sp³-hybridized carbons (Fsp3) is 0.444. The number of primary sulfonamides is 1. The van der Waals surface area contributed by atoms with Crippen molar-refractivity contribution in [1.29, 1.82) is 0 Å². The Morgan fingerprint density at radius 1 is 1.59 bits per heavy atom. The lowest BCUT2D eigenvalue weighted by Gasteiger charge is -2.15. The SMILES string of the molecule is CNCCN(C)C(=O)c1csc(S(N)(=O)=O)c1. The zero-order valence-corrected chi connectivity index (χ0v) is 11.3.